The first kappa shape index (κ1) is 14.6. The summed E-state index contributed by atoms with van der Waals surface area (Å²) >= 11 is 0. The summed E-state index contributed by atoms with van der Waals surface area (Å²) < 4.78 is 16.5. The molecule has 1 aromatic rings. The minimum absolute atomic E-state index is 0.198. The molecule has 2 rings (SSSR count). The summed E-state index contributed by atoms with van der Waals surface area (Å²) in [6.07, 6.45) is 1.28. The summed E-state index contributed by atoms with van der Waals surface area (Å²) in [6.45, 7) is 5.10. The minimum atomic E-state index is -1.11. The van der Waals surface area contributed by atoms with Crippen LogP contribution in [-0.2, 0) is 15.1 Å². The second kappa shape index (κ2) is 6.07. The van der Waals surface area contributed by atoms with Crippen molar-refractivity contribution in [1.82, 2.24) is 5.32 Å². The van der Waals surface area contributed by atoms with Crippen LogP contribution in [0.1, 0.15) is 5.56 Å². The molecule has 1 aliphatic heterocycles. The SMILES string of the molecule is C=CC(=O)C1(c2cccc(OC)c2OC)CNCCO1. The Hall–Kier alpha value is -1.85. The van der Waals surface area contributed by atoms with Crippen molar-refractivity contribution in [1.29, 1.82) is 0 Å². The van der Waals surface area contributed by atoms with E-state index in [0.29, 0.717) is 36.8 Å². The van der Waals surface area contributed by atoms with Crippen LogP contribution in [0.5, 0.6) is 11.5 Å². The number of nitrogens with one attached hydrogen (secondary N) is 1. The molecule has 1 aromatic carbocycles. The normalized spacial score (nSPS) is 22.1. The highest BCUT2D eigenvalue weighted by Gasteiger charge is 2.44. The van der Waals surface area contributed by atoms with Gasteiger partial charge in [0, 0.05) is 18.7 Å². The molecule has 0 saturated carbocycles. The molecule has 5 nitrogen and oxygen atoms in total. The topological polar surface area (TPSA) is 56.8 Å². The van der Waals surface area contributed by atoms with E-state index in [1.807, 2.05) is 12.1 Å². The fourth-order valence-electron chi connectivity index (χ4n) is 2.45. The Labute approximate surface area is 118 Å². The molecule has 0 aliphatic carbocycles. The van der Waals surface area contributed by atoms with Crippen LogP contribution in [0.25, 0.3) is 0 Å². The highest BCUT2D eigenvalue weighted by molar-refractivity contribution is 5.98. The third-order valence-corrected chi connectivity index (χ3v) is 3.42. The summed E-state index contributed by atoms with van der Waals surface area (Å²) in [5.74, 6) is 0.876. The average Bonchev–Trinajstić information content (AvgIpc) is 2.53. The van der Waals surface area contributed by atoms with Gasteiger partial charge in [0.15, 0.2) is 22.9 Å². The molecule has 1 atom stereocenters. The molecule has 108 valence electrons. The second-order valence-corrected chi connectivity index (χ2v) is 4.46. The first-order chi connectivity index (χ1) is 9.69. The quantitative estimate of drug-likeness (QED) is 0.822. The van der Waals surface area contributed by atoms with Crippen molar-refractivity contribution >= 4 is 5.78 Å². The highest BCUT2D eigenvalue weighted by Crippen LogP contribution is 2.40. The number of hydrogen-bond donors (Lipinski definition) is 1. The van der Waals surface area contributed by atoms with Gasteiger partial charge in [-0.25, -0.2) is 0 Å². The van der Waals surface area contributed by atoms with E-state index in [4.69, 9.17) is 14.2 Å². The number of para-hydroxylation sites is 1. The Morgan fingerprint density at radius 2 is 2.25 bits per heavy atom. The van der Waals surface area contributed by atoms with Crippen molar-refractivity contribution in [3.05, 3.63) is 36.4 Å². The van der Waals surface area contributed by atoms with Gasteiger partial charge < -0.3 is 19.5 Å². The molecule has 20 heavy (non-hydrogen) atoms. The van der Waals surface area contributed by atoms with Crippen LogP contribution in [0.15, 0.2) is 30.9 Å². The zero-order valence-electron chi connectivity index (χ0n) is 11.8. The lowest BCUT2D eigenvalue weighted by atomic mass is 9.87. The zero-order chi connectivity index (χ0) is 14.6. The Morgan fingerprint density at radius 1 is 1.45 bits per heavy atom. The van der Waals surface area contributed by atoms with Gasteiger partial charge >= 0.3 is 0 Å². The number of morpholine rings is 1. The predicted molar refractivity (Wildman–Crippen MR) is 75.2 cm³/mol. The zero-order valence-corrected chi connectivity index (χ0v) is 11.8. The first-order valence-electron chi connectivity index (χ1n) is 6.42. The van der Waals surface area contributed by atoms with E-state index in [0.717, 1.165) is 0 Å². The monoisotopic (exact) mass is 277 g/mol. The molecular formula is C15H19NO4. The summed E-state index contributed by atoms with van der Waals surface area (Å²) in [5, 5.41) is 3.19. The summed E-state index contributed by atoms with van der Waals surface area (Å²) in [5.41, 5.74) is -0.462. The van der Waals surface area contributed by atoms with Crippen molar-refractivity contribution in [3.63, 3.8) is 0 Å². The Morgan fingerprint density at radius 3 is 2.80 bits per heavy atom. The molecule has 0 aromatic heterocycles. The Balaban J connectivity index is 2.59. The fourth-order valence-corrected chi connectivity index (χ4v) is 2.45. The van der Waals surface area contributed by atoms with Gasteiger partial charge in [-0.3, -0.25) is 4.79 Å². The van der Waals surface area contributed by atoms with Crippen LogP contribution in [0.4, 0.5) is 0 Å². The second-order valence-electron chi connectivity index (χ2n) is 4.46. The number of benzene rings is 1. The minimum Gasteiger partial charge on any atom is -0.493 e. The highest BCUT2D eigenvalue weighted by atomic mass is 16.5. The molecule has 1 N–H and O–H groups in total. The van der Waals surface area contributed by atoms with E-state index >= 15 is 0 Å². The molecule has 5 heteroatoms. The van der Waals surface area contributed by atoms with Crippen molar-refractivity contribution in [2.45, 2.75) is 5.60 Å². The van der Waals surface area contributed by atoms with Crippen LogP contribution in [0, 0.1) is 0 Å². The standard InChI is InChI=1S/C15H19NO4/c1-4-13(17)15(10-16-8-9-20-15)11-6-5-7-12(18-2)14(11)19-3/h4-7,16H,1,8-10H2,2-3H3. The smallest absolute Gasteiger partial charge is 0.192 e. The lowest BCUT2D eigenvalue weighted by Crippen LogP contribution is -2.52. The maximum atomic E-state index is 12.4. The molecular weight excluding hydrogens is 258 g/mol. The number of methoxy groups -OCH3 is 2. The van der Waals surface area contributed by atoms with E-state index in [1.165, 1.54) is 6.08 Å². The number of ether oxygens (including phenoxy) is 3. The molecule has 1 saturated heterocycles. The van der Waals surface area contributed by atoms with Crippen molar-refractivity contribution < 1.29 is 19.0 Å². The number of hydrogen-bond acceptors (Lipinski definition) is 5. The van der Waals surface area contributed by atoms with Crippen LogP contribution in [0.2, 0.25) is 0 Å². The molecule has 0 spiro atoms. The van der Waals surface area contributed by atoms with Gasteiger partial charge in [0.25, 0.3) is 0 Å². The van der Waals surface area contributed by atoms with Gasteiger partial charge in [-0.05, 0) is 12.1 Å². The summed E-state index contributed by atoms with van der Waals surface area (Å²) in [7, 11) is 3.10. The van der Waals surface area contributed by atoms with E-state index in [9.17, 15) is 4.79 Å². The molecule has 1 unspecified atom stereocenters. The third kappa shape index (κ3) is 2.30. The molecule has 0 radical (unpaired) electrons. The maximum absolute atomic E-state index is 12.4. The lowest BCUT2D eigenvalue weighted by molar-refractivity contribution is -0.145. The van der Waals surface area contributed by atoms with Crippen LogP contribution in [-0.4, -0.2) is 39.7 Å². The number of ketones is 1. The Kier molecular flexibility index (Phi) is 4.42. The number of carbonyl (C=O) groups is 1. The average molecular weight is 277 g/mol. The van der Waals surface area contributed by atoms with E-state index in [-0.39, 0.29) is 5.78 Å². The van der Waals surface area contributed by atoms with Crippen LogP contribution < -0.4 is 14.8 Å². The molecule has 0 amide bonds. The van der Waals surface area contributed by atoms with Crippen molar-refractivity contribution in [3.8, 4) is 11.5 Å². The predicted octanol–water partition coefficient (Wildman–Crippen LogP) is 1.27. The van der Waals surface area contributed by atoms with E-state index in [1.54, 1.807) is 20.3 Å². The van der Waals surface area contributed by atoms with Gasteiger partial charge in [0.05, 0.1) is 20.8 Å². The van der Waals surface area contributed by atoms with Crippen molar-refractivity contribution in [2.24, 2.45) is 0 Å². The molecule has 1 aliphatic rings. The van der Waals surface area contributed by atoms with Gasteiger partial charge in [0.1, 0.15) is 0 Å². The number of carbonyl (C=O) groups excluding carboxylic acids is 1. The lowest BCUT2D eigenvalue weighted by Gasteiger charge is -2.36. The van der Waals surface area contributed by atoms with Gasteiger partial charge in [-0.2, -0.15) is 0 Å². The summed E-state index contributed by atoms with van der Waals surface area (Å²) in [6, 6.07) is 5.41. The Bertz CT molecular complexity index is 507. The van der Waals surface area contributed by atoms with Crippen LogP contribution in [0.3, 0.4) is 0 Å². The van der Waals surface area contributed by atoms with Crippen LogP contribution >= 0.6 is 0 Å². The molecule has 0 bridgehead atoms. The van der Waals surface area contributed by atoms with E-state index < -0.39 is 5.60 Å². The third-order valence-electron chi connectivity index (χ3n) is 3.42. The maximum Gasteiger partial charge on any atom is 0.192 e. The largest absolute Gasteiger partial charge is 0.493 e. The molecule has 1 heterocycles. The van der Waals surface area contributed by atoms with Gasteiger partial charge in [0.2, 0.25) is 0 Å². The first-order valence-corrected chi connectivity index (χ1v) is 6.42. The van der Waals surface area contributed by atoms with Gasteiger partial charge in [-0.15, -0.1) is 0 Å². The summed E-state index contributed by atoms with van der Waals surface area (Å²) in [4.78, 5) is 12.4. The van der Waals surface area contributed by atoms with Crippen molar-refractivity contribution in [2.75, 3.05) is 33.9 Å². The van der Waals surface area contributed by atoms with E-state index in [2.05, 4.69) is 11.9 Å². The number of rotatable bonds is 5. The van der Waals surface area contributed by atoms with Gasteiger partial charge in [-0.1, -0.05) is 18.7 Å². The fraction of sp³-hybridized carbons (Fsp3) is 0.400. The molecule has 1 fully saturated rings.